The van der Waals surface area contributed by atoms with Gasteiger partial charge in [0, 0.05) is 17.8 Å². The molecule has 0 saturated carbocycles. The molecule has 0 bridgehead atoms. The quantitative estimate of drug-likeness (QED) is 0.296. The summed E-state index contributed by atoms with van der Waals surface area (Å²) in [5, 5.41) is 15.2. The molecular formula is C19H16ClN3O7. The Morgan fingerprint density at radius 3 is 2.50 bits per heavy atom. The van der Waals surface area contributed by atoms with Crippen LogP contribution in [0, 0.1) is 10.1 Å². The van der Waals surface area contributed by atoms with Crippen LogP contribution in [-0.4, -0.2) is 36.5 Å². The van der Waals surface area contributed by atoms with Crippen LogP contribution in [-0.2, 0) is 14.3 Å². The number of nitrogens with one attached hydrogen (secondary N) is 2. The number of nitro benzene ring substituents is 1. The summed E-state index contributed by atoms with van der Waals surface area (Å²) < 4.78 is 9.70. The summed E-state index contributed by atoms with van der Waals surface area (Å²) in [7, 11) is 1.50. The van der Waals surface area contributed by atoms with Crippen molar-refractivity contribution in [1.29, 1.82) is 0 Å². The van der Waals surface area contributed by atoms with Gasteiger partial charge >= 0.3 is 12.0 Å². The molecule has 0 radical (unpaired) electrons. The van der Waals surface area contributed by atoms with Crippen molar-refractivity contribution in [2.75, 3.05) is 19.0 Å². The molecule has 2 aromatic rings. The minimum absolute atomic E-state index is 0.0377. The largest absolute Gasteiger partial charge is 0.497 e. The Morgan fingerprint density at radius 2 is 1.87 bits per heavy atom. The van der Waals surface area contributed by atoms with Gasteiger partial charge in [0.25, 0.3) is 11.6 Å². The number of hydrogen-bond donors (Lipinski definition) is 2. The number of halogens is 1. The van der Waals surface area contributed by atoms with Gasteiger partial charge in [-0.25, -0.2) is 9.59 Å². The Morgan fingerprint density at radius 1 is 1.17 bits per heavy atom. The molecule has 156 valence electrons. The molecule has 3 amide bonds. The number of benzene rings is 2. The fourth-order valence-electron chi connectivity index (χ4n) is 2.12. The van der Waals surface area contributed by atoms with Crippen molar-refractivity contribution in [3.8, 4) is 5.75 Å². The van der Waals surface area contributed by atoms with Gasteiger partial charge in [-0.1, -0.05) is 17.7 Å². The molecule has 11 heteroatoms. The first-order valence-corrected chi connectivity index (χ1v) is 8.70. The first-order chi connectivity index (χ1) is 14.3. The highest BCUT2D eigenvalue weighted by Crippen LogP contribution is 2.25. The van der Waals surface area contributed by atoms with Crippen LogP contribution < -0.4 is 15.4 Å². The lowest BCUT2D eigenvalue weighted by Crippen LogP contribution is -2.37. The molecule has 0 fully saturated rings. The highest BCUT2D eigenvalue weighted by atomic mass is 35.5. The van der Waals surface area contributed by atoms with E-state index in [0.717, 1.165) is 6.08 Å². The fourth-order valence-corrected chi connectivity index (χ4v) is 2.31. The van der Waals surface area contributed by atoms with Gasteiger partial charge in [-0.2, -0.15) is 0 Å². The molecule has 0 unspecified atom stereocenters. The Balaban J connectivity index is 1.80. The van der Waals surface area contributed by atoms with E-state index >= 15 is 0 Å². The highest BCUT2D eigenvalue weighted by Gasteiger charge is 2.12. The zero-order valence-corrected chi connectivity index (χ0v) is 16.3. The van der Waals surface area contributed by atoms with Gasteiger partial charge in [-0.3, -0.25) is 20.2 Å². The van der Waals surface area contributed by atoms with Crippen molar-refractivity contribution in [2.45, 2.75) is 0 Å². The van der Waals surface area contributed by atoms with Gasteiger partial charge in [0.05, 0.1) is 12.0 Å². The predicted octanol–water partition coefficient (Wildman–Crippen LogP) is 3.16. The van der Waals surface area contributed by atoms with Gasteiger partial charge in [0.2, 0.25) is 0 Å². The molecule has 0 aliphatic carbocycles. The number of anilines is 1. The van der Waals surface area contributed by atoms with E-state index in [-0.39, 0.29) is 10.7 Å². The van der Waals surface area contributed by atoms with Crippen LogP contribution in [0.3, 0.4) is 0 Å². The van der Waals surface area contributed by atoms with Crippen molar-refractivity contribution >= 4 is 47.0 Å². The number of carbonyl (C=O) groups is 3. The second-order valence-electron chi connectivity index (χ2n) is 5.64. The third-order valence-corrected chi connectivity index (χ3v) is 3.84. The van der Waals surface area contributed by atoms with Crippen molar-refractivity contribution in [3.63, 3.8) is 0 Å². The topological polar surface area (TPSA) is 137 Å². The van der Waals surface area contributed by atoms with E-state index in [1.807, 2.05) is 5.32 Å². The van der Waals surface area contributed by atoms with E-state index in [4.69, 9.17) is 21.1 Å². The molecule has 0 spiro atoms. The third-order valence-electron chi connectivity index (χ3n) is 3.53. The van der Waals surface area contributed by atoms with Crippen LogP contribution in [0.5, 0.6) is 5.75 Å². The molecule has 0 saturated heterocycles. The number of methoxy groups -OCH3 is 1. The van der Waals surface area contributed by atoms with Gasteiger partial charge in [0.15, 0.2) is 6.61 Å². The van der Waals surface area contributed by atoms with E-state index in [2.05, 4.69) is 5.32 Å². The summed E-state index contributed by atoms with van der Waals surface area (Å²) in [5.74, 6) is -1.12. The normalized spacial score (nSPS) is 10.3. The molecule has 0 heterocycles. The molecular weight excluding hydrogens is 418 g/mol. The summed E-state index contributed by atoms with van der Waals surface area (Å²) in [5.41, 5.74) is 0.457. The van der Waals surface area contributed by atoms with Gasteiger partial charge in [0.1, 0.15) is 10.8 Å². The Bertz CT molecular complexity index is 990. The van der Waals surface area contributed by atoms with E-state index in [1.165, 1.54) is 31.4 Å². The Hall–Kier alpha value is -3.92. The minimum Gasteiger partial charge on any atom is -0.497 e. The van der Waals surface area contributed by atoms with Gasteiger partial charge < -0.3 is 14.8 Å². The number of amides is 3. The number of carbonyl (C=O) groups excluding carboxylic acids is 3. The smallest absolute Gasteiger partial charge is 0.331 e. The molecule has 0 atom stereocenters. The first kappa shape index (κ1) is 22.4. The number of imide groups is 1. The molecule has 10 nitrogen and oxygen atoms in total. The van der Waals surface area contributed by atoms with Crippen LogP contribution in [0.4, 0.5) is 16.2 Å². The van der Waals surface area contributed by atoms with Gasteiger partial charge in [-0.05, 0) is 42.0 Å². The SMILES string of the molecule is COc1ccc(NC(=O)NC(=O)COC(=O)/C=C/c2ccc(Cl)c([N+](=O)[O-])c2)cc1. The Labute approximate surface area is 175 Å². The molecule has 2 N–H and O–H groups in total. The average molecular weight is 434 g/mol. The van der Waals surface area contributed by atoms with Crippen molar-refractivity contribution in [2.24, 2.45) is 0 Å². The monoisotopic (exact) mass is 433 g/mol. The van der Waals surface area contributed by atoms with E-state index in [9.17, 15) is 24.5 Å². The number of ether oxygens (including phenoxy) is 2. The lowest BCUT2D eigenvalue weighted by Gasteiger charge is -2.07. The summed E-state index contributed by atoms with van der Waals surface area (Å²) >= 11 is 5.70. The minimum atomic E-state index is -0.877. The summed E-state index contributed by atoms with van der Waals surface area (Å²) in [6.45, 7) is -0.694. The average Bonchev–Trinajstić information content (AvgIpc) is 2.71. The maximum absolute atomic E-state index is 11.8. The van der Waals surface area contributed by atoms with Gasteiger partial charge in [-0.15, -0.1) is 0 Å². The summed E-state index contributed by atoms with van der Waals surface area (Å²) in [4.78, 5) is 45.3. The summed E-state index contributed by atoms with van der Waals surface area (Å²) in [6, 6.07) is 9.58. The lowest BCUT2D eigenvalue weighted by molar-refractivity contribution is -0.384. The molecule has 30 heavy (non-hydrogen) atoms. The highest BCUT2D eigenvalue weighted by molar-refractivity contribution is 6.32. The van der Waals surface area contributed by atoms with Crippen LogP contribution in [0.25, 0.3) is 6.08 Å². The number of hydrogen-bond acceptors (Lipinski definition) is 7. The first-order valence-electron chi connectivity index (χ1n) is 8.32. The third kappa shape index (κ3) is 6.91. The number of urea groups is 1. The second-order valence-corrected chi connectivity index (χ2v) is 6.05. The number of nitrogens with zero attached hydrogens (tertiary/aromatic N) is 1. The number of esters is 1. The molecule has 0 aromatic heterocycles. The van der Waals surface area contributed by atoms with Crippen LogP contribution in [0.1, 0.15) is 5.56 Å². The lowest BCUT2D eigenvalue weighted by atomic mass is 10.2. The molecule has 0 aliphatic heterocycles. The maximum atomic E-state index is 11.8. The zero-order valence-electron chi connectivity index (χ0n) is 15.6. The molecule has 2 aromatic carbocycles. The van der Waals surface area contributed by atoms with Crippen molar-refractivity contribution in [3.05, 3.63) is 69.2 Å². The summed E-state index contributed by atoms with van der Waals surface area (Å²) in [6.07, 6.45) is 2.25. The van der Waals surface area contributed by atoms with E-state index < -0.39 is 29.4 Å². The number of nitro groups is 1. The molecule has 0 aliphatic rings. The fraction of sp³-hybridized carbons (Fsp3) is 0.105. The van der Waals surface area contributed by atoms with Crippen molar-refractivity contribution < 1.29 is 28.8 Å². The van der Waals surface area contributed by atoms with Crippen LogP contribution >= 0.6 is 11.6 Å². The predicted molar refractivity (Wildman–Crippen MR) is 108 cm³/mol. The second kappa shape index (κ2) is 10.6. The van der Waals surface area contributed by atoms with E-state index in [1.54, 1.807) is 24.3 Å². The van der Waals surface area contributed by atoms with Crippen LogP contribution in [0.15, 0.2) is 48.5 Å². The zero-order chi connectivity index (χ0) is 22.1. The standard InChI is InChI=1S/C19H16ClN3O7/c1-29-14-6-4-13(5-7-14)21-19(26)22-17(24)11-30-18(25)9-3-12-2-8-15(20)16(10-12)23(27)28/h2-10H,11H2,1H3,(H2,21,22,24,26)/b9-3+. The maximum Gasteiger partial charge on any atom is 0.331 e. The number of rotatable bonds is 7. The van der Waals surface area contributed by atoms with Crippen molar-refractivity contribution in [1.82, 2.24) is 5.32 Å². The molecule has 2 rings (SSSR count). The Kier molecular flexibility index (Phi) is 7.89. The van der Waals surface area contributed by atoms with Crippen LogP contribution in [0.2, 0.25) is 5.02 Å². The van der Waals surface area contributed by atoms with E-state index in [0.29, 0.717) is 17.0 Å².